The summed E-state index contributed by atoms with van der Waals surface area (Å²) in [6.07, 6.45) is 0.112. The lowest BCUT2D eigenvalue weighted by atomic mass is 10.0. The molecule has 1 aliphatic rings. The van der Waals surface area contributed by atoms with E-state index >= 15 is 0 Å². The number of piperazine rings is 1. The highest BCUT2D eigenvalue weighted by atomic mass is 16.5. The van der Waals surface area contributed by atoms with Crippen molar-refractivity contribution in [2.24, 2.45) is 0 Å². The number of hydrogen-bond acceptors (Lipinski definition) is 6. The minimum Gasteiger partial charge on any atom is -0.467 e. The van der Waals surface area contributed by atoms with E-state index in [1.807, 2.05) is 36.4 Å². The van der Waals surface area contributed by atoms with Gasteiger partial charge in [-0.2, -0.15) is 5.26 Å². The Labute approximate surface area is 191 Å². The first kappa shape index (κ1) is 23.5. The van der Waals surface area contributed by atoms with Crippen LogP contribution in [0.2, 0.25) is 0 Å². The maximum absolute atomic E-state index is 12.6. The van der Waals surface area contributed by atoms with Crippen molar-refractivity contribution in [3.8, 4) is 6.07 Å². The number of ether oxygens (including phenoxy) is 1. The van der Waals surface area contributed by atoms with E-state index in [0.717, 1.165) is 5.56 Å². The van der Waals surface area contributed by atoms with Crippen LogP contribution in [0.5, 0.6) is 0 Å². The molecule has 0 bridgehead atoms. The molecular formula is C24H24N4O5. The third-order valence-corrected chi connectivity index (χ3v) is 5.25. The zero-order valence-electron chi connectivity index (χ0n) is 18.0. The molecule has 9 heteroatoms. The topological polar surface area (TPSA) is 137 Å². The molecule has 33 heavy (non-hydrogen) atoms. The fourth-order valence-electron chi connectivity index (χ4n) is 3.59. The molecule has 0 radical (unpaired) electrons. The van der Waals surface area contributed by atoms with E-state index in [-0.39, 0.29) is 18.7 Å². The van der Waals surface area contributed by atoms with Crippen molar-refractivity contribution in [3.63, 3.8) is 0 Å². The molecule has 0 aliphatic carbocycles. The molecule has 3 amide bonds. The Morgan fingerprint density at radius 1 is 1.03 bits per heavy atom. The predicted molar refractivity (Wildman–Crippen MR) is 117 cm³/mol. The molecule has 3 rings (SSSR count). The molecule has 1 saturated heterocycles. The van der Waals surface area contributed by atoms with Gasteiger partial charge in [0.1, 0.15) is 18.1 Å². The summed E-state index contributed by atoms with van der Waals surface area (Å²) < 4.78 is 4.77. The Kier molecular flexibility index (Phi) is 7.76. The third kappa shape index (κ3) is 6.40. The minimum atomic E-state index is -1.05. The van der Waals surface area contributed by atoms with Crippen LogP contribution in [0.4, 0.5) is 0 Å². The number of nitrogens with one attached hydrogen (secondary N) is 3. The molecule has 3 N–H and O–H groups in total. The predicted octanol–water partition coefficient (Wildman–Crippen LogP) is 0.375. The second-order valence-electron chi connectivity index (χ2n) is 7.68. The minimum absolute atomic E-state index is 0.107. The lowest BCUT2D eigenvalue weighted by Gasteiger charge is -2.29. The Morgan fingerprint density at radius 2 is 1.70 bits per heavy atom. The third-order valence-electron chi connectivity index (χ3n) is 5.25. The van der Waals surface area contributed by atoms with Crippen LogP contribution in [0.25, 0.3) is 0 Å². The lowest BCUT2D eigenvalue weighted by molar-refractivity contribution is -0.145. The van der Waals surface area contributed by atoms with E-state index in [1.165, 1.54) is 7.11 Å². The average molecular weight is 448 g/mol. The smallest absolute Gasteiger partial charge is 0.328 e. The number of nitriles is 1. The molecule has 0 unspecified atom stereocenters. The number of nitrogens with zero attached hydrogens (tertiary/aromatic N) is 1. The van der Waals surface area contributed by atoms with Crippen LogP contribution < -0.4 is 16.0 Å². The van der Waals surface area contributed by atoms with Crippen LogP contribution in [0.1, 0.15) is 23.1 Å². The van der Waals surface area contributed by atoms with Gasteiger partial charge in [0.25, 0.3) is 0 Å². The molecule has 1 aliphatic heterocycles. The quantitative estimate of drug-likeness (QED) is 0.499. The van der Waals surface area contributed by atoms with Gasteiger partial charge >= 0.3 is 5.97 Å². The van der Waals surface area contributed by atoms with Gasteiger partial charge in [-0.3, -0.25) is 14.4 Å². The zero-order chi connectivity index (χ0) is 23.8. The number of carbonyl (C=O) groups is 4. The van der Waals surface area contributed by atoms with Crippen LogP contribution in [-0.4, -0.2) is 48.9 Å². The Bertz CT molecular complexity index is 1080. The fourth-order valence-corrected chi connectivity index (χ4v) is 3.59. The van der Waals surface area contributed by atoms with Crippen LogP contribution >= 0.6 is 0 Å². The molecule has 2 aromatic carbocycles. The van der Waals surface area contributed by atoms with Crippen molar-refractivity contribution in [2.75, 3.05) is 7.11 Å². The fraction of sp³-hybridized carbons (Fsp3) is 0.292. The van der Waals surface area contributed by atoms with Gasteiger partial charge in [-0.05, 0) is 23.3 Å². The second-order valence-corrected chi connectivity index (χ2v) is 7.68. The number of methoxy groups -OCH3 is 1. The lowest BCUT2D eigenvalue weighted by Crippen LogP contribution is -2.63. The molecule has 0 aromatic heterocycles. The van der Waals surface area contributed by atoms with Crippen LogP contribution in [-0.2, 0) is 36.8 Å². The highest BCUT2D eigenvalue weighted by Gasteiger charge is 2.35. The molecule has 1 fully saturated rings. The van der Waals surface area contributed by atoms with Gasteiger partial charge in [0.05, 0.1) is 25.2 Å². The molecule has 3 atom stereocenters. The van der Waals surface area contributed by atoms with Crippen LogP contribution in [0.3, 0.4) is 0 Å². The van der Waals surface area contributed by atoms with Crippen LogP contribution in [0, 0.1) is 11.3 Å². The summed E-state index contributed by atoms with van der Waals surface area (Å²) in [4.78, 5) is 49.7. The first-order valence-electron chi connectivity index (χ1n) is 10.4. The molecule has 0 saturated carbocycles. The van der Waals surface area contributed by atoms with E-state index in [1.54, 1.807) is 24.3 Å². The summed E-state index contributed by atoms with van der Waals surface area (Å²) in [5, 5.41) is 16.8. The number of hydrogen-bond donors (Lipinski definition) is 3. The van der Waals surface area contributed by atoms with Gasteiger partial charge in [-0.15, -0.1) is 0 Å². The molecule has 170 valence electrons. The van der Waals surface area contributed by atoms with E-state index < -0.39 is 35.9 Å². The van der Waals surface area contributed by atoms with Crippen molar-refractivity contribution in [3.05, 3.63) is 71.3 Å². The molecule has 9 nitrogen and oxygen atoms in total. The van der Waals surface area contributed by atoms with Gasteiger partial charge in [-0.25, -0.2) is 4.79 Å². The summed E-state index contributed by atoms with van der Waals surface area (Å²) in [5.41, 5.74) is 1.99. The molecular weight excluding hydrogens is 424 g/mol. The van der Waals surface area contributed by atoms with Crippen molar-refractivity contribution in [1.29, 1.82) is 5.26 Å². The van der Waals surface area contributed by atoms with E-state index in [0.29, 0.717) is 17.5 Å². The van der Waals surface area contributed by atoms with Crippen molar-refractivity contribution >= 4 is 23.7 Å². The zero-order valence-corrected chi connectivity index (χ0v) is 18.0. The number of rotatable bonds is 8. The van der Waals surface area contributed by atoms with E-state index in [2.05, 4.69) is 16.0 Å². The van der Waals surface area contributed by atoms with Crippen molar-refractivity contribution in [1.82, 2.24) is 16.0 Å². The van der Waals surface area contributed by atoms with Crippen LogP contribution in [0.15, 0.2) is 54.6 Å². The highest BCUT2D eigenvalue weighted by Crippen LogP contribution is 2.11. The van der Waals surface area contributed by atoms with Gasteiger partial charge in [0, 0.05) is 12.8 Å². The average Bonchev–Trinajstić information content (AvgIpc) is 2.82. The maximum Gasteiger partial charge on any atom is 0.328 e. The Morgan fingerprint density at radius 3 is 2.39 bits per heavy atom. The first-order valence-corrected chi connectivity index (χ1v) is 10.4. The largest absolute Gasteiger partial charge is 0.467 e. The van der Waals surface area contributed by atoms with E-state index in [9.17, 15) is 19.2 Å². The number of carbonyl (C=O) groups excluding carboxylic acids is 4. The van der Waals surface area contributed by atoms with Gasteiger partial charge in [0.15, 0.2) is 0 Å². The van der Waals surface area contributed by atoms with Crippen molar-refractivity contribution < 1.29 is 23.9 Å². The molecule has 1 heterocycles. The summed E-state index contributed by atoms with van der Waals surface area (Å²) in [6.45, 7) is 0. The van der Waals surface area contributed by atoms with E-state index in [4.69, 9.17) is 10.00 Å². The summed E-state index contributed by atoms with van der Waals surface area (Å²) in [6, 6.07) is 15.2. The maximum atomic E-state index is 12.6. The standard InChI is InChI=1S/C24H24N4O5/c1-33-24(32)20(12-16-8-5-9-17(10-16)14-25)26-21(29)13-19-23(31)27-18(22(30)28-19)11-15-6-3-2-4-7-15/h2-10,18-20H,11-13H2,1H3,(H,26,29)(H,27,31)(H,28,30)/t18-,19-,20-/m0/s1. The molecule has 2 aromatic rings. The van der Waals surface area contributed by atoms with Gasteiger partial charge < -0.3 is 20.7 Å². The van der Waals surface area contributed by atoms with Crippen molar-refractivity contribution in [2.45, 2.75) is 37.4 Å². The Hall–Kier alpha value is -4.19. The molecule has 0 spiro atoms. The number of esters is 1. The summed E-state index contributed by atoms with van der Waals surface area (Å²) in [7, 11) is 1.20. The Balaban J connectivity index is 1.59. The summed E-state index contributed by atoms with van der Waals surface area (Å²) in [5.74, 6) is -2.11. The normalized spacial score (nSPS) is 18.3. The first-order chi connectivity index (χ1) is 15.9. The second kappa shape index (κ2) is 10.9. The monoisotopic (exact) mass is 448 g/mol. The number of benzene rings is 2. The van der Waals surface area contributed by atoms with Gasteiger partial charge in [-0.1, -0.05) is 42.5 Å². The summed E-state index contributed by atoms with van der Waals surface area (Å²) >= 11 is 0. The van der Waals surface area contributed by atoms with Gasteiger partial charge in [0.2, 0.25) is 17.7 Å². The highest BCUT2D eigenvalue weighted by molar-refractivity contribution is 5.99. The SMILES string of the molecule is COC(=O)[C@H](Cc1cccc(C#N)c1)NC(=O)C[C@@H]1NC(=O)[C@H](Cc2ccccc2)NC1=O. The number of amides is 3.